The second-order valence-corrected chi connectivity index (χ2v) is 7.52. The summed E-state index contributed by atoms with van der Waals surface area (Å²) in [6.07, 6.45) is 0. The predicted molar refractivity (Wildman–Crippen MR) is 103 cm³/mol. The van der Waals surface area contributed by atoms with Gasteiger partial charge in [-0.2, -0.15) is 21.0 Å². The van der Waals surface area contributed by atoms with Crippen molar-refractivity contribution in [1.29, 1.82) is 0 Å². The SMILES string of the molecule is Cc1ccccc1-c1nnc(Sc2ccc3nnc(-c4ccsc4)n3n2)o1. The van der Waals surface area contributed by atoms with Gasteiger partial charge in [-0.1, -0.05) is 18.2 Å². The Morgan fingerprint density at radius 1 is 1.00 bits per heavy atom. The summed E-state index contributed by atoms with van der Waals surface area (Å²) in [7, 11) is 0. The normalized spacial score (nSPS) is 11.3. The Kier molecular flexibility index (Phi) is 3.95. The van der Waals surface area contributed by atoms with Gasteiger partial charge in [-0.15, -0.1) is 20.4 Å². The number of rotatable bonds is 4. The van der Waals surface area contributed by atoms with Crippen LogP contribution in [0.1, 0.15) is 5.56 Å². The number of fused-ring (bicyclic) bond motifs is 1. The fourth-order valence-corrected chi connectivity index (χ4v) is 3.93. The van der Waals surface area contributed by atoms with Crippen molar-refractivity contribution in [2.75, 3.05) is 0 Å². The van der Waals surface area contributed by atoms with Crippen molar-refractivity contribution in [2.24, 2.45) is 0 Å². The van der Waals surface area contributed by atoms with Crippen molar-refractivity contribution in [3.63, 3.8) is 0 Å². The highest BCUT2D eigenvalue weighted by atomic mass is 32.2. The van der Waals surface area contributed by atoms with E-state index in [1.807, 2.05) is 60.1 Å². The van der Waals surface area contributed by atoms with Gasteiger partial charge in [-0.25, -0.2) is 0 Å². The first-order chi connectivity index (χ1) is 13.3. The van der Waals surface area contributed by atoms with Crippen LogP contribution in [-0.4, -0.2) is 30.0 Å². The molecule has 5 rings (SSSR count). The van der Waals surface area contributed by atoms with Crippen LogP contribution in [0, 0.1) is 6.92 Å². The van der Waals surface area contributed by atoms with Crippen LogP contribution in [-0.2, 0) is 0 Å². The smallest absolute Gasteiger partial charge is 0.283 e. The predicted octanol–water partition coefficient (Wildman–Crippen LogP) is 4.36. The summed E-state index contributed by atoms with van der Waals surface area (Å²) >= 11 is 2.92. The third kappa shape index (κ3) is 3.00. The van der Waals surface area contributed by atoms with Crippen LogP contribution in [0.15, 0.2) is 67.9 Å². The van der Waals surface area contributed by atoms with Crippen LogP contribution in [0.5, 0.6) is 0 Å². The molecule has 0 amide bonds. The molecule has 1 aromatic carbocycles. The zero-order valence-electron chi connectivity index (χ0n) is 14.1. The summed E-state index contributed by atoms with van der Waals surface area (Å²) in [6, 6.07) is 13.6. The number of aryl methyl sites for hydroxylation is 1. The maximum absolute atomic E-state index is 5.81. The summed E-state index contributed by atoms with van der Waals surface area (Å²) in [5.74, 6) is 1.21. The molecule has 7 nitrogen and oxygen atoms in total. The second-order valence-electron chi connectivity index (χ2n) is 5.77. The molecule has 0 aliphatic carbocycles. The third-order valence-electron chi connectivity index (χ3n) is 3.99. The maximum atomic E-state index is 5.81. The molecule has 0 saturated carbocycles. The molecule has 4 aromatic heterocycles. The lowest BCUT2D eigenvalue weighted by Gasteiger charge is -2.00. The minimum atomic E-state index is 0.435. The van der Waals surface area contributed by atoms with Crippen LogP contribution >= 0.6 is 23.1 Å². The molecule has 0 saturated heterocycles. The van der Waals surface area contributed by atoms with Gasteiger partial charge in [0.15, 0.2) is 11.5 Å². The van der Waals surface area contributed by atoms with Crippen LogP contribution in [0.2, 0.25) is 0 Å². The van der Waals surface area contributed by atoms with E-state index in [1.54, 1.807) is 15.9 Å². The Morgan fingerprint density at radius 3 is 2.78 bits per heavy atom. The Balaban J connectivity index is 1.47. The molecular formula is C18H12N6OS2. The highest BCUT2D eigenvalue weighted by molar-refractivity contribution is 7.99. The van der Waals surface area contributed by atoms with Crippen LogP contribution in [0.3, 0.4) is 0 Å². The summed E-state index contributed by atoms with van der Waals surface area (Å²) in [5.41, 5.74) is 3.69. The fourth-order valence-electron chi connectivity index (χ4n) is 2.66. The number of thiophene rings is 1. The molecular weight excluding hydrogens is 380 g/mol. The molecule has 4 heterocycles. The van der Waals surface area contributed by atoms with Gasteiger partial charge >= 0.3 is 0 Å². The molecule has 0 radical (unpaired) electrons. The fraction of sp³-hybridized carbons (Fsp3) is 0.0556. The lowest BCUT2D eigenvalue weighted by Crippen LogP contribution is -1.95. The molecule has 132 valence electrons. The van der Waals surface area contributed by atoms with Gasteiger partial charge in [-0.3, -0.25) is 0 Å². The van der Waals surface area contributed by atoms with Gasteiger partial charge in [0.1, 0.15) is 5.03 Å². The first kappa shape index (κ1) is 16.2. The number of nitrogens with zero attached hydrogens (tertiary/aromatic N) is 6. The topological polar surface area (TPSA) is 82.0 Å². The van der Waals surface area contributed by atoms with E-state index in [0.29, 0.717) is 22.6 Å². The van der Waals surface area contributed by atoms with Crippen molar-refractivity contribution in [2.45, 2.75) is 17.2 Å². The first-order valence-corrected chi connectivity index (χ1v) is 9.86. The van der Waals surface area contributed by atoms with Gasteiger partial charge in [0.2, 0.25) is 5.89 Å². The van der Waals surface area contributed by atoms with Gasteiger partial charge in [0, 0.05) is 16.5 Å². The van der Waals surface area contributed by atoms with Crippen LogP contribution in [0.4, 0.5) is 0 Å². The number of aromatic nitrogens is 6. The molecule has 0 aliphatic heterocycles. The summed E-state index contributed by atoms with van der Waals surface area (Å²) in [4.78, 5) is 0. The highest BCUT2D eigenvalue weighted by Gasteiger charge is 2.14. The minimum Gasteiger partial charge on any atom is -0.411 e. The molecule has 0 bridgehead atoms. The van der Waals surface area contributed by atoms with E-state index >= 15 is 0 Å². The first-order valence-electron chi connectivity index (χ1n) is 8.10. The number of hydrogen-bond donors (Lipinski definition) is 0. The van der Waals surface area contributed by atoms with Crippen molar-refractivity contribution in [3.8, 4) is 22.8 Å². The highest BCUT2D eigenvalue weighted by Crippen LogP contribution is 2.30. The molecule has 5 aromatic rings. The van der Waals surface area contributed by atoms with E-state index in [-0.39, 0.29) is 0 Å². The Labute approximate surface area is 162 Å². The molecule has 0 fully saturated rings. The van der Waals surface area contributed by atoms with Crippen LogP contribution in [0.25, 0.3) is 28.5 Å². The van der Waals surface area contributed by atoms with Gasteiger partial charge in [0.25, 0.3) is 5.22 Å². The molecule has 0 spiro atoms. The van der Waals surface area contributed by atoms with E-state index in [1.165, 1.54) is 11.8 Å². The number of hydrogen-bond acceptors (Lipinski definition) is 8. The molecule has 0 unspecified atom stereocenters. The standard InChI is InChI=1S/C18H12N6OS2/c1-11-4-2-3-5-13(11)17-21-22-18(25-17)27-15-7-6-14-19-20-16(24(14)23-15)12-8-9-26-10-12/h2-10H,1H3. The van der Waals surface area contributed by atoms with Crippen molar-refractivity contribution < 1.29 is 4.42 Å². The van der Waals surface area contributed by atoms with E-state index in [0.717, 1.165) is 21.7 Å². The monoisotopic (exact) mass is 392 g/mol. The van der Waals surface area contributed by atoms with E-state index in [9.17, 15) is 0 Å². The largest absolute Gasteiger partial charge is 0.411 e. The van der Waals surface area contributed by atoms with Crippen LogP contribution < -0.4 is 0 Å². The Bertz CT molecular complexity index is 1230. The van der Waals surface area contributed by atoms with E-state index in [4.69, 9.17) is 4.42 Å². The molecule has 27 heavy (non-hydrogen) atoms. The zero-order valence-corrected chi connectivity index (χ0v) is 15.7. The van der Waals surface area contributed by atoms with Gasteiger partial charge in [-0.05, 0) is 53.9 Å². The summed E-state index contributed by atoms with van der Waals surface area (Å²) in [5, 5.41) is 26.5. The zero-order chi connectivity index (χ0) is 18.2. The molecule has 0 aliphatic rings. The van der Waals surface area contributed by atoms with Gasteiger partial charge < -0.3 is 4.42 Å². The van der Waals surface area contributed by atoms with E-state index < -0.39 is 0 Å². The quantitative estimate of drug-likeness (QED) is 0.449. The maximum Gasteiger partial charge on any atom is 0.283 e. The average molecular weight is 392 g/mol. The summed E-state index contributed by atoms with van der Waals surface area (Å²) in [6.45, 7) is 2.01. The molecule has 0 N–H and O–H groups in total. The number of benzene rings is 1. The summed E-state index contributed by atoms with van der Waals surface area (Å²) < 4.78 is 7.54. The molecule has 9 heteroatoms. The lowest BCUT2D eigenvalue weighted by atomic mass is 10.1. The minimum absolute atomic E-state index is 0.435. The second kappa shape index (κ2) is 6.60. The Morgan fingerprint density at radius 2 is 1.93 bits per heavy atom. The van der Waals surface area contributed by atoms with Crippen molar-refractivity contribution in [1.82, 2.24) is 30.0 Å². The third-order valence-corrected chi connectivity index (χ3v) is 5.44. The van der Waals surface area contributed by atoms with E-state index in [2.05, 4.69) is 25.5 Å². The van der Waals surface area contributed by atoms with Gasteiger partial charge in [0.05, 0.1) is 0 Å². The van der Waals surface area contributed by atoms with Crippen molar-refractivity contribution in [3.05, 3.63) is 58.8 Å². The van der Waals surface area contributed by atoms with Crippen molar-refractivity contribution >= 4 is 28.7 Å². The average Bonchev–Trinajstić information content (AvgIpc) is 3.42. The Hall–Kier alpha value is -3.04. The lowest BCUT2D eigenvalue weighted by molar-refractivity contribution is 0.465. The molecule has 0 atom stereocenters.